The van der Waals surface area contributed by atoms with Crippen LogP contribution in [0.5, 0.6) is 23.0 Å². The van der Waals surface area contributed by atoms with Crippen LogP contribution < -0.4 is 18.9 Å². The predicted molar refractivity (Wildman–Crippen MR) is 128 cm³/mol. The van der Waals surface area contributed by atoms with E-state index in [4.69, 9.17) is 35.6 Å². The van der Waals surface area contributed by atoms with Gasteiger partial charge in [-0.1, -0.05) is 11.6 Å². The summed E-state index contributed by atoms with van der Waals surface area (Å²) in [5.41, 5.74) is 4.01. The average Bonchev–Trinajstić information content (AvgIpc) is 3.30. The van der Waals surface area contributed by atoms with E-state index in [9.17, 15) is 0 Å². The van der Waals surface area contributed by atoms with Gasteiger partial charge in [-0.3, -0.25) is 0 Å². The quantitative estimate of drug-likeness (QED) is 0.448. The summed E-state index contributed by atoms with van der Waals surface area (Å²) in [5, 5.41) is 7.71. The van der Waals surface area contributed by atoms with Gasteiger partial charge in [0.15, 0.2) is 11.5 Å². The van der Waals surface area contributed by atoms with Crippen molar-refractivity contribution in [3.63, 3.8) is 0 Å². The van der Waals surface area contributed by atoms with Gasteiger partial charge in [0.05, 0.1) is 32.6 Å². The molecule has 2 atom stereocenters. The highest BCUT2D eigenvalue weighted by Gasteiger charge is 2.41. The predicted octanol–water partition coefficient (Wildman–Crippen LogP) is 6.00. The maximum absolute atomic E-state index is 6.44. The lowest BCUT2D eigenvalue weighted by atomic mass is 9.96. The molecule has 0 saturated carbocycles. The summed E-state index contributed by atoms with van der Waals surface area (Å²) in [4.78, 5) is 0. The first-order valence-electron chi connectivity index (χ1n) is 10.9. The largest absolute Gasteiger partial charge is 0.494 e. The minimum absolute atomic E-state index is 0.00659. The average molecular weight is 465 g/mol. The molecule has 5 rings (SSSR count). The van der Waals surface area contributed by atoms with E-state index in [1.165, 1.54) is 0 Å². The molecule has 0 amide bonds. The Hall–Kier alpha value is -3.38. The van der Waals surface area contributed by atoms with Gasteiger partial charge in [-0.05, 0) is 73.2 Å². The minimum Gasteiger partial charge on any atom is -0.494 e. The van der Waals surface area contributed by atoms with E-state index in [1.54, 1.807) is 14.2 Å². The summed E-state index contributed by atoms with van der Waals surface area (Å²) >= 11 is 6.34. The van der Waals surface area contributed by atoms with Crippen LogP contribution in [-0.4, -0.2) is 31.5 Å². The van der Waals surface area contributed by atoms with Gasteiger partial charge < -0.3 is 18.9 Å². The monoisotopic (exact) mass is 464 g/mol. The Morgan fingerprint density at radius 1 is 1.00 bits per heavy atom. The molecule has 0 spiro atoms. The molecule has 0 aliphatic carbocycles. The Balaban J connectivity index is 1.55. The first kappa shape index (κ1) is 21.5. The second-order valence-corrected chi connectivity index (χ2v) is 8.31. The smallest absolute Gasteiger partial charge is 0.214 e. The molecule has 3 aromatic carbocycles. The molecule has 2 aliphatic rings. The van der Waals surface area contributed by atoms with Gasteiger partial charge in [-0.15, -0.1) is 0 Å². The van der Waals surface area contributed by atoms with Gasteiger partial charge in [0.25, 0.3) is 0 Å². The number of hydrogen-bond donors (Lipinski definition) is 0. The van der Waals surface area contributed by atoms with Crippen LogP contribution in [-0.2, 0) is 0 Å². The molecule has 0 saturated heterocycles. The van der Waals surface area contributed by atoms with Crippen LogP contribution in [0.4, 0.5) is 0 Å². The first-order valence-corrected chi connectivity index (χ1v) is 11.3. The molecule has 0 radical (unpaired) electrons. The number of halogens is 1. The van der Waals surface area contributed by atoms with Gasteiger partial charge in [0.2, 0.25) is 6.23 Å². The zero-order chi connectivity index (χ0) is 22.9. The normalized spacial score (nSPS) is 18.7. The number of rotatable bonds is 6. The Kier molecular flexibility index (Phi) is 5.77. The molecule has 0 unspecified atom stereocenters. The molecule has 7 heteroatoms. The van der Waals surface area contributed by atoms with Crippen LogP contribution in [0.15, 0.2) is 65.8 Å². The van der Waals surface area contributed by atoms with Crippen LogP contribution in [0.2, 0.25) is 5.02 Å². The van der Waals surface area contributed by atoms with Crippen LogP contribution in [0.25, 0.3) is 0 Å². The number of nitrogens with zero attached hydrogens (tertiary/aromatic N) is 2. The van der Waals surface area contributed by atoms with Crippen LogP contribution in [0.1, 0.15) is 42.3 Å². The molecule has 6 nitrogen and oxygen atoms in total. The van der Waals surface area contributed by atoms with E-state index >= 15 is 0 Å². The molecule has 2 aliphatic heterocycles. The molecule has 3 aromatic rings. The summed E-state index contributed by atoms with van der Waals surface area (Å²) in [5.74, 6) is 2.97. The lowest BCUT2D eigenvalue weighted by Gasteiger charge is -2.38. The summed E-state index contributed by atoms with van der Waals surface area (Å²) < 4.78 is 23.0. The highest BCUT2D eigenvalue weighted by Crippen LogP contribution is 2.49. The zero-order valence-corrected chi connectivity index (χ0v) is 19.5. The highest BCUT2D eigenvalue weighted by atomic mass is 35.5. The zero-order valence-electron chi connectivity index (χ0n) is 18.7. The minimum atomic E-state index is -0.413. The van der Waals surface area contributed by atoms with E-state index in [0.717, 1.165) is 40.3 Å². The number of hydrazone groups is 1. The van der Waals surface area contributed by atoms with Crippen molar-refractivity contribution < 1.29 is 18.9 Å². The summed E-state index contributed by atoms with van der Waals surface area (Å²) in [6.45, 7) is 2.61. The fourth-order valence-corrected chi connectivity index (χ4v) is 4.55. The molecule has 0 fully saturated rings. The third-order valence-electron chi connectivity index (χ3n) is 5.94. The fourth-order valence-electron chi connectivity index (χ4n) is 4.37. The van der Waals surface area contributed by atoms with Crippen molar-refractivity contribution in [2.45, 2.75) is 25.6 Å². The van der Waals surface area contributed by atoms with Crippen molar-refractivity contribution in [3.8, 4) is 23.0 Å². The maximum Gasteiger partial charge on any atom is 0.214 e. The Bertz CT molecular complexity index is 1200. The van der Waals surface area contributed by atoms with Crippen molar-refractivity contribution >= 4 is 17.3 Å². The molecule has 33 heavy (non-hydrogen) atoms. The number of benzene rings is 3. The van der Waals surface area contributed by atoms with Crippen molar-refractivity contribution in [2.24, 2.45) is 5.10 Å². The lowest BCUT2D eigenvalue weighted by Crippen LogP contribution is -2.33. The number of ether oxygens (including phenoxy) is 4. The van der Waals surface area contributed by atoms with Crippen molar-refractivity contribution in [1.29, 1.82) is 0 Å². The van der Waals surface area contributed by atoms with Crippen molar-refractivity contribution in [2.75, 3.05) is 20.8 Å². The Morgan fingerprint density at radius 3 is 2.52 bits per heavy atom. The topological polar surface area (TPSA) is 52.5 Å². The SMILES string of the molecule is CCOc1ccc(C2=NN3[C@H](C2)c2cc(Cl)ccc2O[C@H]3c2ccc(OC)c(OC)c2)cc1. The lowest BCUT2D eigenvalue weighted by molar-refractivity contribution is -0.0191. The standard InChI is InChI=1S/C26H25ClN2O4/c1-4-32-19-9-5-16(6-10-19)21-15-22-20-14-18(27)8-12-23(20)33-26(29(22)28-21)17-7-11-24(30-2)25(13-17)31-3/h5-14,22,26H,4,15H2,1-3H3/t22-,26+/m1/s1. The van der Waals surface area contributed by atoms with Gasteiger partial charge >= 0.3 is 0 Å². The first-order chi connectivity index (χ1) is 16.1. The Labute approximate surface area is 198 Å². The third kappa shape index (κ3) is 3.95. The van der Waals surface area contributed by atoms with E-state index in [-0.39, 0.29) is 6.04 Å². The molecule has 2 heterocycles. The number of methoxy groups -OCH3 is 2. The van der Waals surface area contributed by atoms with E-state index in [2.05, 4.69) is 0 Å². The Morgan fingerprint density at radius 2 is 1.79 bits per heavy atom. The molecule has 0 N–H and O–H groups in total. The summed E-state index contributed by atoms with van der Waals surface area (Å²) in [7, 11) is 3.25. The second kappa shape index (κ2) is 8.87. The third-order valence-corrected chi connectivity index (χ3v) is 6.18. The van der Waals surface area contributed by atoms with Crippen LogP contribution in [0, 0.1) is 0 Å². The maximum atomic E-state index is 6.44. The molecular weight excluding hydrogens is 440 g/mol. The fraction of sp³-hybridized carbons (Fsp3) is 0.269. The summed E-state index contributed by atoms with van der Waals surface area (Å²) in [6, 6.07) is 19.6. The second-order valence-electron chi connectivity index (χ2n) is 7.87. The molecular formula is C26H25ClN2O4. The van der Waals surface area contributed by atoms with E-state index in [1.807, 2.05) is 72.6 Å². The number of hydrogen-bond acceptors (Lipinski definition) is 6. The van der Waals surface area contributed by atoms with Crippen LogP contribution in [0.3, 0.4) is 0 Å². The number of fused-ring (bicyclic) bond motifs is 3. The van der Waals surface area contributed by atoms with Crippen molar-refractivity contribution in [1.82, 2.24) is 5.01 Å². The molecule has 170 valence electrons. The summed E-state index contributed by atoms with van der Waals surface area (Å²) in [6.07, 6.45) is 0.331. The van der Waals surface area contributed by atoms with E-state index < -0.39 is 6.23 Å². The van der Waals surface area contributed by atoms with Gasteiger partial charge in [0.1, 0.15) is 11.5 Å². The van der Waals surface area contributed by atoms with Gasteiger partial charge in [0, 0.05) is 22.6 Å². The molecule has 0 aromatic heterocycles. The van der Waals surface area contributed by atoms with Crippen molar-refractivity contribution in [3.05, 3.63) is 82.4 Å². The van der Waals surface area contributed by atoms with E-state index in [0.29, 0.717) is 23.1 Å². The van der Waals surface area contributed by atoms with Gasteiger partial charge in [-0.2, -0.15) is 5.10 Å². The van der Waals surface area contributed by atoms with Gasteiger partial charge in [-0.25, -0.2) is 5.01 Å². The highest BCUT2D eigenvalue weighted by molar-refractivity contribution is 6.30. The van der Waals surface area contributed by atoms with Crippen LogP contribution >= 0.6 is 11.6 Å². The molecule has 0 bridgehead atoms.